The Hall–Kier alpha value is -2.49. The van der Waals surface area contributed by atoms with E-state index < -0.39 is 0 Å². The minimum absolute atomic E-state index is 0.115. The van der Waals surface area contributed by atoms with Crippen LogP contribution in [0, 0.1) is 0 Å². The fourth-order valence-electron chi connectivity index (χ4n) is 2.14. The second-order valence-corrected chi connectivity index (χ2v) is 4.74. The maximum atomic E-state index is 5.45. The number of nitrogen functional groups attached to an aromatic ring is 1. The molecule has 0 spiro atoms. The van der Waals surface area contributed by atoms with Crippen molar-refractivity contribution in [2.75, 3.05) is 23.4 Å². The van der Waals surface area contributed by atoms with E-state index in [1.807, 2.05) is 0 Å². The summed E-state index contributed by atoms with van der Waals surface area (Å²) in [5.74, 6) is 6.19. The Morgan fingerprint density at radius 3 is 2.62 bits per heavy atom. The monoisotopic (exact) mass is 291 g/mol. The number of hydrogen-bond acceptors (Lipinski definition) is 9. The van der Waals surface area contributed by atoms with Gasteiger partial charge in [0.25, 0.3) is 0 Å². The summed E-state index contributed by atoms with van der Waals surface area (Å²) < 4.78 is 6.98. The summed E-state index contributed by atoms with van der Waals surface area (Å²) >= 11 is 0. The second-order valence-electron chi connectivity index (χ2n) is 4.74. The van der Waals surface area contributed by atoms with Crippen LogP contribution in [0.1, 0.15) is 19.3 Å². The number of ether oxygens (including phenoxy) is 1. The Kier molecular flexibility index (Phi) is 3.77. The van der Waals surface area contributed by atoms with Crippen LogP contribution in [-0.2, 0) is 7.05 Å². The number of rotatable bonds is 4. The summed E-state index contributed by atoms with van der Waals surface area (Å²) in [5, 5.41) is 4.02. The van der Waals surface area contributed by atoms with Crippen LogP contribution < -0.4 is 20.9 Å². The van der Waals surface area contributed by atoms with Crippen LogP contribution in [0.4, 0.5) is 11.9 Å². The van der Waals surface area contributed by atoms with Crippen molar-refractivity contribution in [1.82, 2.24) is 29.7 Å². The van der Waals surface area contributed by atoms with Crippen LogP contribution in [0.15, 0.2) is 6.33 Å². The molecule has 1 aliphatic rings. The van der Waals surface area contributed by atoms with Gasteiger partial charge in [0.05, 0.1) is 0 Å². The van der Waals surface area contributed by atoms with E-state index in [0.717, 1.165) is 25.9 Å². The zero-order valence-corrected chi connectivity index (χ0v) is 11.7. The van der Waals surface area contributed by atoms with Crippen molar-refractivity contribution in [3.63, 3.8) is 0 Å². The lowest BCUT2D eigenvalue weighted by molar-refractivity contribution is 0.403. The summed E-state index contributed by atoms with van der Waals surface area (Å²) in [6, 6.07) is 0.293. The van der Waals surface area contributed by atoms with Gasteiger partial charge in [-0.1, -0.05) is 0 Å². The molecule has 3 rings (SSSR count). The lowest BCUT2D eigenvalue weighted by Crippen LogP contribution is -2.31. The molecule has 1 fully saturated rings. The number of nitrogens with two attached hydrogens (primary N) is 1. The van der Waals surface area contributed by atoms with Gasteiger partial charge in [0, 0.05) is 20.1 Å². The van der Waals surface area contributed by atoms with Crippen molar-refractivity contribution in [1.29, 1.82) is 0 Å². The Morgan fingerprint density at radius 1 is 1.14 bits per heavy atom. The number of piperidine rings is 1. The van der Waals surface area contributed by atoms with Crippen LogP contribution >= 0.6 is 0 Å². The van der Waals surface area contributed by atoms with E-state index >= 15 is 0 Å². The Morgan fingerprint density at radius 2 is 1.95 bits per heavy atom. The lowest BCUT2D eigenvalue weighted by Gasteiger charge is -2.26. The Labute approximate surface area is 121 Å². The van der Waals surface area contributed by atoms with Crippen LogP contribution in [0.5, 0.6) is 12.0 Å². The minimum atomic E-state index is 0.115. The van der Waals surface area contributed by atoms with E-state index in [4.69, 9.17) is 10.6 Å². The molecule has 2 aromatic rings. The highest BCUT2D eigenvalue weighted by molar-refractivity contribution is 5.38. The minimum Gasteiger partial charge on any atom is -0.387 e. The van der Waals surface area contributed by atoms with Gasteiger partial charge >= 0.3 is 12.0 Å². The molecule has 21 heavy (non-hydrogen) atoms. The number of nitrogens with zero attached hydrogens (tertiary/aromatic N) is 7. The summed E-state index contributed by atoms with van der Waals surface area (Å²) in [4.78, 5) is 18.7. The molecule has 1 aliphatic heterocycles. The molecule has 0 aromatic carbocycles. The van der Waals surface area contributed by atoms with Crippen molar-refractivity contribution in [3.8, 4) is 12.0 Å². The average Bonchev–Trinajstić information content (AvgIpc) is 2.93. The Bertz CT molecular complexity index is 607. The molecule has 3 heterocycles. The largest absolute Gasteiger partial charge is 0.387 e. The molecule has 0 unspecified atom stereocenters. The van der Waals surface area contributed by atoms with Gasteiger partial charge < -0.3 is 9.64 Å². The second kappa shape index (κ2) is 5.87. The number of nitrogens with one attached hydrogen (secondary N) is 1. The third kappa shape index (κ3) is 3.16. The van der Waals surface area contributed by atoms with Crippen LogP contribution in [0.2, 0.25) is 0 Å². The number of hydrazine groups is 1. The quantitative estimate of drug-likeness (QED) is 0.595. The molecule has 0 amide bonds. The molecule has 0 bridgehead atoms. The highest BCUT2D eigenvalue weighted by atomic mass is 16.5. The first-order valence-electron chi connectivity index (χ1n) is 6.76. The van der Waals surface area contributed by atoms with Gasteiger partial charge in [0.1, 0.15) is 6.33 Å². The van der Waals surface area contributed by atoms with Crippen molar-refractivity contribution in [2.24, 2.45) is 12.9 Å². The van der Waals surface area contributed by atoms with E-state index in [9.17, 15) is 0 Å². The van der Waals surface area contributed by atoms with Gasteiger partial charge in [0.15, 0.2) is 0 Å². The third-order valence-corrected chi connectivity index (χ3v) is 3.13. The molecule has 112 valence electrons. The van der Waals surface area contributed by atoms with Gasteiger partial charge in [-0.15, -0.1) is 5.10 Å². The van der Waals surface area contributed by atoms with E-state index in [1.165, 1.54) is 17.4 Å². The predicted molar refractivity (Wildman–Crippen MR) is 74.8 cm³/mol. The van der Waals surface area contributed by atoms with Gasteiger partial charge in [-0.2, -0.15) is 19.9 Å². The standard InChI is InChI=1S/C11H17N9O/c1-19-7-13-10(18-19)21-11-15-8(17-12)14-9(16-11)20-5-3-2-4-6-20/h7H,2-6,12H2,1H3,(H,14,15,16,17). The maximum absolute atomic E-state index is 5.45. The molecule has 2 aromatic heterocycles. The highest BCUT2D eigenvalue weighted by Gasteiger charge is 2.17. The molecule has 1 saturated heterocycles. The lowest BCUT2D eigenvalue weighted by atomic mass is 10.1. The van der Waals surface area contributed by atoms with Crippen molar-refractivity contribution in [2.45, 2.75) is 19.3 Å². The molecule has 0 aliphatic carbocycles. The van der Waals surface area contributed by atoms with Crippen molar-refractivity contribution < 1.29 is 4.74 Å². The molecule has 3 N–H and O–H groups in total. The van der Waals surface area contributed by atoms with Crippen LogP contribution in [0.3, 0.4) is 0 Å². The van der Waals surface area contributed by atoms with Gasteiger partial charge in [0.2, 0.25) is 11.9 Å². The van der Waals surface area contributed by atoms with E-state index in [1.54, 1.807) is 7.05 Å². The number of anilines is 2. The number of aromatic nitrogens is 6. The summed E-state index contributed by atoms with van der Waals surface area (Å²) in [5.41, 5.74) is 2.42. The number of aryl methyl sites for hydroxylation is 1. The SMILES string of the molecule is Cn1cnc(Oc2nc(NN)nc(N3CCCCC3)n2)n1. The normalized spacial score (nSPS) is 15.0. The topological polar surface area (TPSA) is 120 Å². The van der Waals surface area contributed by atoms with Crippen molar-refractivity contribution >= 4 is 11.9 Å². The number of hydrogen-bond donors (Lipinski definition) is 2. The van der Waals surface area contributed by atoms with E-state index in [0.29, 0.717) is 5.95 Å². The maximum Gasteiger partial charge on any atom is 0.343 e. The van der Waals surface area contributed by atoms with E-state index in [-0.39, 0.29) is 18.0 Å². The molecule has 10 nitrogen and oxygen atoms in total. The highest BCUT2D eigenvalue weighted by Crippen LogP contribution is 2.20. The molecular weight excluding hydrogens is 274 g/mol. The van der Waals surface area contributed by atoms with Crippen LogP contribution in [0.25, 0.3) is 0 Å². The summed E-state index contributed by atoms with van der Waals surface area (Å²) in [7, 11) is 1.75. The Balaban J connectivity index is 1.85. The molecule has 0 radical (unpaired) electrons. The first kappa shape index (κ1) is 13.5. The molecule has 10 heteroatoms. The fourth-order valence-corrected chi connectivity index (χ4v) is 2.14. The molecule has 0 saturated carbocycles. The third-order valence-electron chi connectivity index (χ3n) is 3.13. The van der Waals surface area contributed by atoms with Gasteiger partial charge in [-0.25, -0.2) is 5.84 Å². The van der Waals surface area contributed by atoms with Gasteiger partial charge in [-0.3, -0.25) is 10.1 Å². The first-order chi connectivity index (χ1) is 10.2. The molecular formula is C11H17N9O. The average molecular weight is 291 g/mol. The zero-order chi connectivity index (χ0) is 14.7. The fraction of sp³-hybridized carbons (Fsp3) is 0.545. The smallest absolute Gasteiger partial charge is 0.343 e. The van der Waals surface area contributed by atoms with E-state index in [2.05, 4.69) is 35.4 Å². The summed E-state index contributed by atoms with van der Waals surface area (Å²) in [6.45, 7) is 1.82. The van der Waals surface area contributed by atoms with Gasteiger partial charge in [-0.05, 0) is 19.3 Å². The zero-order valence-electron chi connectivity index (χ0n) is 11.7. The predicted octanol–water partition coefficient (Wildman–Crippen LogP) is 0.0683. The summed E-state index contributed by atoms with van der Waals surface area (Å²) in [6.07, 6.45) is 5.00. The van der Waals surface area contributed by atoms with Crippen LogP contribution in [-0.4, -0.2) is 42.8 Å². The first-order valence-corrected chi connectivity index (χ1v) is 6.76. The molecule has 0 atom stereocenters. The van der Waals surface area contributed by atoms with Crippen molar-refractivity contribution in [3.05, 3.63) is 6.33 Å².